The molecule has 2 heteroatoms. The summed E-state index contributed by atoms with van der Waals surface area (Å²) < 4.78 is 5.13. The number of hydrogen-bond donors (Lipinski definition) is 0. The summed E-state index contributed by atoms with van der Waals surface area (Å²) in [7, 11) is 1.65. The summed E-state index contributed by atoms with van der Waals surface area (Å²) in [5, 5.41) is 0. The highest BCUT2D eigenvalue weighted by atomic mass is 16.5. The number of hydrogen-bond acceptors (Lipinski definition) is 2. The van der Waals surface area contributed by atoms with E-state index in [0.29, 0.717) is 6.42 Å². The standard InChI is InChI=1S/C19H22O2/c1-3-4-15-5-10-17(11-6-15)19(20)14-9-16-7-12-18(21-2)13-8-16/h5-8,10-13H,3-4,9,14H2,1-2H3. The predicted molar refractivity (Wildman–Crippen MR) is 86.1 cm³/mol. The topological polar surface area (TPSA) is 26.3 Å². The summed E-state index contributed by atoms with van der Waals surface area (Å²) in [4.78, 5) is 12.2. The monoisotopic (exact) mass is 282 g/mol. The highest BCUT2D eigenvalue weighted by Gasteiger charge is 2.06. The molecule has 0 aromatic heterocycles. The van der Waals surface area contributed by atoms with Crippen molar-refractivity contribution in [3.63, 3.8) is 0 Å². The van der Waals surface area contributed by atoms with E-state index in [2.05, 4.69) is 19.1 Å². The van der Waals surface area contributed by atoms with Gasteiger partial charge in [0, 0.05) is 12.0 Å². The van der Waals surface area contributed by atoms with Crippen LogP contribution in [0, 0.1) is 0 Å². The lowest BCUT2D eigenvalue weighted by molar-refractivity contribution is 0.0983. The fourth-order valence-electron chi connectivity index (χ4n) is 2.34. The van der Waals surface area contributed by atoms with Gasteiger partial charge in [0.25, 0.3) is 0 Å². The molecule has 2 nitrogen and oxygen atoms in total. The fraction of sp³-hybridized carbons (Fsp3) is 0.316. The summed E-state index contributed by atoms with van der Waals surface area (Å²) in [5.74, 6) is 1.05. The zero-order chi connectivity index (χ0) is 15.1. The molecule has 2 aromatic carbocycles. The van der Waals surface area contributed by atoms with Crippen molar-refractivity contribution >= 4 is 5.78 Å². The van der Waals surface area contributed by atoms with Crippen LogP contribution in [0.3, 0.4) is 0 Å². The molecule has 0 aliphatic rings. The average molecular weight is 282 g/mol. The minimum Gasteiger partial charge on any atom is -0.497 e. The minimum absolute atomic E-state index is 0.203. The van der Waals surface area contributed by atoms with Gasteiger partial charge in [-0.1, -0.05) is 49.7 Å². The molecule has 2 rings (SSSR count). The van der Waals surface area contributed by atoms with Gasteiger partial charge < -0.3 is 4.74 Å². The largest absolute Gasteiger partial charge is 0.497 e. The minimum atomic E-state index is 0.203. The van der Waals surface area contributed by atoms with Gasteiger partial charge in [-0.2, -0.15) is 0 Å². The Morgan fingerprint density at radius 1 is 0.905 bits per heavy atom. The van der Waals surface area contributed by atoms with Gasteiger partial charge in [-0.25, -0.2) is 0 Å². The average Bonchev–Trinajstić information content (AvgIpc) is 2.54. The van der Waals surface area contributed by atoms with E-state index in [1.54, 1.807) is 7.11 Å². The van der Waals surface area contributed by atoms with Crippen LogP contribution in [0.1, 0.15) is 41.3 Å². The van der Waals surface area contributed by atoms with Gasteiger partial charge in [0.2, 0.25) is 0 Å². The third-order valence-corrected chi connectivity index (χ3v) is 3.61. The zero-order valence-electron chi connectivity index (χ0n) is 12.8. The van der Waals surface area contributed by atoms with Crippen molar-refractivity contribution in [2.75, 3.05) is 7.11 Å². The predicted octanol–water partition coefficient (Wildman–Crippen LogP) is 4.46. The molecule has 0 heterocycles. The zero-order valence-corrected chi connectivity index (χ0v) is 12.8. The Bertz CT molecular complexity index is 568. The lowest BCUT2D eigenvalue weighted by Crippen LogP contribution is -2.01. The maximum Gasteiger partial charge on any atom is 0.163 e. The molecule has 2 aromatic rings. The van der Waals surface area contributed by atoms with Crippen LogP contribution in [0.4, 0.5) is 0 Å². The van der Waals surface area contributed by atoms with Crippen LogP contribution < -0.4 is 4.74 Å². The Labute approximate surface area is 126 Å². The number of aryl methyl sites for hydroxylation is 2. The molecule has 0 atom stereocenters. The number of ketones is 1. The van der Waals surface area contributed by atoms with Crippen LogP contribution in [0.15, 0.2) is 48.5 Å². The Morgan fingerprint density at radius 2 is 1.48 bits per heavy atom. The first kappa shape index (κ1) is 15.3. The summed E-state index contributed by atoms with van der Waals surface area (Å²) in [6.45, 7) is 2.16. The molecule has 0 saturated carbocycles. The maximum absolute atomic E-state index is 12.2. The number of carbonyl (C=O) groups excluding carboxylic acids is 1. The Hall–Kier alpha value is -2.09. The van der Waals surface area contributed by atoms with Crippen LogP contribution in [0.2, 0.25) is 0 Å². The fourth-order valence-corrected chi connectivity index (χ4v) is 2.34. The van der Waals surface area contributed by atoms with Crippen LogP contribution in [0.5, 0.6) is 5.75 Å². The van der Waals surface area contributed by atoms with Gasteiger partial charge in [-0.3, -0.25) is 4.79 Å². The quantitative estimate of drug-likeness (QED) is 0.701. The van der Waals surface area contributed by atoms with E-state index in [-0.39, 0.29) is 5.78 Å². The molecule has 0 unspecified atom stereocenters. The number of benzene rings is 2. The third kappa shape index (κ3) is 4.45. The smallest absolute Gasteiger partial charge is 0.163 e. The SMILES string of the molecule is CCCc1ccc(C(=O)CCc2ccc(OC)cc2)cc1. The van der Waals surface area contributed by atoms with Crippen molar-refractivity contribution in [1.82, 2.24) is 0 Å². The van der Waals surface area contributed by atoms with E-state index in [0.717, 1.165) is 36.1 Å². The molecule has 0 fully saturated rings. The van der Waals surface area contributed by atoms with Crippen molar-refractivity contribution in [3.05, 3.63) is 65.2 Å². The molecule has 0 aliphatic heterocycles. The first-order valence-electron chi connectivity index (χ1n) is 7.48. The van der Waals surface area contributed by atoms with Crippen LogP contribution in [-0.4, -0.2) is 12.9 Å². The second-order valence-corrected chi connectivity index (χ2v) is 5.22. The van der Waals surface area contributed by atoms with Gasteiger partial charge in [-0.05, 0) is 36.1 Å². The van der Waals surface area contributed by atoms with E-state index < -0.39 is 0 Å². The second kappa shape index (κ2) is 7.63. The summed E-state index contributed by atoms with van der Waals surface area (Å²) in [5.41, 5.74) is 3.26. The molecule has 0 bridgehead atoms. The van der Waals surface area contributed by atoms with Gasteiger partial charge in [0.05, 0.1) is 7.11 Å². The molecule has 0 radical (unpaired) electrons. The van der Waals surface area contributed by atoms with Gasteiger partial charge in [0.1, 0.15) is 5.75 Å². The maximum atomic E-state index is 12.2. The first-order valence-corrected chi connectivity index (χ1v) is 7.48. The lowest BCUT2D eigenvalue weighted by Gasteiger charge is -2.05. The molecule has 0 saturated heterocycles. The van der Waals surface area contributed by atoms with Crippen LogP contribution in [-0.2, 0) is 12.8 Å². The second-order valence-electron chi connectivity index (χ2n) is 5.22. The van der Waals surface area contributed by atoms with Crippen LogP contribution >= 0.6 is 0 Å². The number of rotatable bonds is 7. The van der Waals surface area contributed by atoms with Crippen molar-refractivity contribution in [1.29, 1.82) is 0 Å². The van der Waals surface area contributed by atoms with Gasteiger partial charge >= 0.3 is 0 Å². The molecule has 0 amide bonds. The Balaban J connectivity index is 1.91. The normalized spacial score (nSPS) is 10.4. The first-order chi connectivity index (χ1) is 10.2. The summed E-state index contributed by atoms with van der Waals surface area (Å²) in [6.07, 6.45) is 3.50. The number of carbonyl (C=O) groups is 1. The lowest BCUT2D eigenvalue weighted by atomic mass is 10.0. The van der Waals surface area contributed by atoms with Gasteiger partial charge in [0.15, 0.2) is 5.78 Å². The molecular weight excluding hydrogens is 260 g/mol. The van der Waals surface area contributed by atoms with Crippen molar-refractivity contribution in [3.8, 4) is 5.75 Å². The Kier molecular flexibility index (Phi) is 5.56. The summed E-state index contributed by atoms with van der Waals surface area (Å²) >= 11 is 0. The van der Waals surface area contributed by atoms with E-state index in [1.807, 2.05) is 36.4 Å². The van der Waals surface area contributed by atoms with Crippen molar-refractivity contribution in [2.24, 2.45) is 0 Å². The molecular formula is C19H22O2. The number of ether oxygens (including phenoxy) is 1. The van der Waals surface area contributed by atoms with Crippen LogP contribution in [0.25, 0.3) is 0 Å². The van der Waals surface area contributed by atoms with E-state index >= 15 is 0 Å². The molecule has 0 N–H and O–H groups in total. The van der Waals surface area contributed by atoms with E-state index in [4.69, 9.17) is 4.74 Å². The van der Waals surface area contributed by atoms with E-state index in [9.17, 15) is 4.79 Å². The summed E-state index contributed by atoms with van der Waals surface area (Å²) in [6, 6.07) is 15.9. The molecule has 21 heavy (non-hydrogen) atoms. The highest BCUT2D eigenvalue weighted by Crippen LogP contribution is 2.14. The molecule has 0 aliphatic carbocycles. The highest BCUT2D eigenvalue weighted by molar-refractivity contribution is 5.96. The molecule has 110 valence electrons. The Morgan fingerprint density at radius 3 is 2.05 bits per heavy atom. The third-order valence-electron chi connectivity index (χ3n) is 3.61. The van der Waals surface area contributed by atoms with Crippen molar-refractivity contribution < 1.29 is 9.53 Å². The van der Waals surface area contributed by atoms with Gasteiger partial charge in [-0.15, -0.1) is 0 Å². The van der Waals surface area contributed by atoms with Crippen molar-refractivity contribution in [2.45, 2.75) is 32.6 Å². The molecule has 0 spiro atoms. The number of methoxy groups -OCH3 is 1. The van der Waals surface area contributed by atoms with E-state index in [1.165, 1.54) is 5.56 Å². The number of Topliss-reactive ketones (excluding diaryl/α,β-unsaturated/α-hetero) is 1.